The van der Waals surface area contributed by atoms with Crippen LogP contribution in [0.4, 0.5) is 0 Å². The van der Waals surface area contributed by atoms with Gasteiger partial charge in [0, 0.05) is 0 Å². The molecule has 0 unspecified atom stereocenters. The van der Waals surface area contributed by atoms with Gasteiger partial charge < -0.3 is 4.74 Å². The second-order valence-corrected chi connectivity index (χ2v) is 4.36. The lowest BCUT2D eigenvalue weighted by Crippen LogP contribution is -1.98. The van der Waals surface area contributed by atoms with E-state index in [1.54, 1.807) is 7.11 Å². The van der Waals surface area contributed by atoms with Crippen LogP contribution in [0, 0.1) is 0 Å². The van der Waals surface area contributed by atoms with Gasteiger partial charge in [0.15, 0.2) is 0 Å². The molecule has 88 valence electrons. The summed E-state index contributed by atoms with van der Waals surface area (Å²) in [6, 6.07) is 18.9. The fourth-order valence-corrected chi connectivity index (χ4v) is 2.02. The van der Waals surface area contributed by atoms with Crippen molar-refractivity contribution >= 4 is 0 Å². The summed E-state index contributed by atoms with van der Waals surface area (Å²) in [4.78, 5) is 0. The molecule has 0 N–H and O–H groups in total. The number of rotatable bonds is 4. The summed E-state index contributed by atoms with van der Waals surface area (Å²) in [7, 11) is 1.70. The van der Waals surface area contributed by atoms with E-state index in [1.165, 1.54) is 11.1 Å². The summed E-state index contributed by atoms with van der Waals surface area (Å²) in [5.41, 5.74) is 2.74. The number of hydrogen-bond donors (Lipinski definition) is 0. The minimum Gasteiger partial charge on any atom is -0.497 e. The minimum atomic E-state index is 0.531. The smallest absolute Gasteiger partial charge is 0.118 e. The maximum absolute atomic E-state index is 5.17. The van der Waals surface area contributed by atoms with Gasteiger partial charge in [0.2, 0.25) is 0 Å². The van der Waals surface area contributed by atoms with Gasteiger partial charge in [-0.05, 0) is 35.6 Å². The van der Waals surface area contributed by atoms with Crippen molar-refractivity contribution in [3.05, 3.63) is 65.7 Å². The molecule has 0 bridgehead atoms. The molecule has 17 heavy (non-hydrogen) atoms. The molecule has 1 nitrogen and oxygen atoms in total. The van der Waals surface area contributed by atoms with Gasteiger partial charge in [0.25, 0.3) is 0 Å². The van der Waals surface area contributed by atoms with Crippen LogP contribution < -0.4 is 4.74 Å². The lowest BCUT2D eigenvalue weighted by molar-refractivity contribution is 0.414. The average Bonchev–Trinajstić information content (AvgIpc) is 2.40. The molecular weight excluding hydrogens is 208 g/mol. The Hall–Kier alpha value is -1.76. The van der Waals surface area contributed by atoms with Gasteiger partial charge in [-0.15, -0.1) is 0 Å². The summed E-state index contributed by atoms with van der Waals surface area (Å²) in [6.45, 7) is 2.26. The van der Waals surface area contributed by atoms with Gasteiger partial charge in [-0.1, -0.05) is 49.4 Å². The summed E-state index contributed by atoms with van der Waals surface area (Å²) in [5.74, 6) is 1.45. The number of hydrogen-bond acceptors (Lipinski definition) is 1. The van der Waals surface area contributed by atoms with Crippen molar-refractivity contribution in [2.24, 2.45) is 0 Å². The first-order chi connectivity index (χ1) is 8.29. The second kappa shape index (κ2) is 5.53. The van der Waals surface area contributed by atoms with Gasteiger partial charge in [-0.3, -0.25) is 0 Å². The fourth-order valence-electron chi connectivity index (χ4n) is 2.02. The summed E-state index contributed by atoms with van der Waals surface area (Å²) in [5, 5.41) is 0. The van der Waals surface area contributed by atoms with Gasteiger partial charge in [-0.2, -0.15) is 0 Å². The van der Waals surface area contributed by atoms with Crippen molar-refractivity contribution < 1.29 is 4.74 Å². The fraction of sp³-hybridized carbons (Fsp3) is 0.250. The Morgan fingerprint density at radius 3 is 2.18 bits per heavy atom. The summed E-state index contributed by atoms with van der Waals surface area (Å²) >= 11 is 0. The molecule has 0 saturated heterocycles. The van der Waals surface area contributed by atoms with E-state index >= 15 is 0 Å². The molecule has 1 atom stereocenters. The first-order valence-electron chi connectivity index (χ1n) is 5.97. The van der Waals surface area contributed by atoms with Crippen LogP contribution in [-0.4, -0.2) is 7.11 Å². The van der Waals surface area contributed by atoms with Crippen LogP contribution >= 0.6 is 0 Å². The van der Waals surface area contributed by atoms with Crippen molar-refractivity contribution in [2.45, 2.75) is 19.3 Å². The van der Waals surface area contributed by atoms with E-state index in [-0.39, 0.29) is 0 Å². The highest BCUT2D eigenvalue weighted by atomic mass is 16.5. The van der Waals surface area contributed by atoms with Crippen LogP contribution in [0.5, 0.6) is 5.75 Å². The van der Waals surface area contributed by atoms with Gasteiger partial charge in [-0.25, -0.2) is 0 Å². The number of benzene rings is 2. The molecule has 0 saturated carbocycles. The molecule has 2 aromatic rings. The summed E-state index contributed by atoms with van der Waals surface area (Å²) in [6.07, 6.45) is 1.08. The van der Waals surface area contributed by atoms with E-state index in [4.69, 9.17) is 4.74 Å². The minimum absolute atomic E-state index is 0.531. The number of ether oxygens (including phenoxy) is 1. The third-order valence-corrected chi connectivity index (χ3v) is 3.07. The quantitative estimate of drug-likeness (QED) is 0.764. The van der Waals surface area contributed by atoms with Crippen LogP contribution in [0.15, 0.2) is 54.6 Å². The molecule has 2 aromatic carbocycles. The number of methoxy groups -OCH3 is 1. The highest BCUT2D eigenvalue weighted by molar-refractivity contribution is 5.30. The zero-order valence-electron chi connectivity index (χ0n) is 10.4. The lowest BCUT2D eigenvalue weighted by atomic mass is 9.94. The first kappa shape index (κ1) is 11.7. The van der Waals surface area contributed by atoms with E-state index in [0.717, 1.165) is 12.2 Å². The predicted octanol–water partition coefficient (Wildman–Crippen LogP) is 4.04. The molecule has 0 fully saturated rings. The maximum atomic E-state index is 5.17. The van der Waals surface area contributed by atoms with Gasteiger partial charge in [0.1, 0.15) is 5.75 Å². The lowest BCUT2D eigenvalue weighted by Gasteiger charge is -2.12. The normalized spacial score (nSPS) is 12.1. The third kappa shape index (κ3) is 3.10. The molecule has 0 amide bonds. The molecule has 1 heteroatoms. The van der Waals surface area contributed by atoms with Crippen molar-refractivity contribution in [2.75, 3.05) is 7.11 Å². The Balaban J connectivity index is 2.06. The van der Waals surface area contributed by atoms with Crippen LogP contribution in [0.1, 0.15) is 24.0 Å². The van der Waals surface area contributed by atoms with Gasteiger partial charge in [0.05, 0.1) is 7.11 Å². The van der Waals surface area contributed by atoms with Crippen LogP contribution in [-0.2, 0) is 6.42 Å². The molecular formula is C16H18O. The van der Waals surface area contributed by atoms with Crippen LogP contribution in [0.25, 0.3) is 0 Å². The van der Waals surface area contributed by atoms with E-state index in [1.807, 2.05) is 12.1 Å². The van der Waals surface area contributed by atoms with E-state index in [9.17, 15) is 0 Å². The highest BCUT2D eigenvalue weighted by Gasteiger charge is 2.06. The van der Waals surface area contributed by atoms with Gasteiger partial charge >= 0.3 is 0 Å². The molecule has 0 heterocycles. The Morgan fingerprint density at radius 1 is 0.941 bits per heavy atom. The zero-order valence-corrected chi connectivity index (χ0v) is 10.4. The highest BCUT2D eigenvalue weighted by Crippen LogP contribution is 2.22. The first-order valence-corrected chi connectivity index (χ1v) is 5.97. The monoisotopic (exact) mass is 226 g/mol. The Bertz CT molecular complexity index is 445. The van der Waals surface area contributed by atoms with Crippen LogP contribution in [0.2, 0.25) is 0 Å². The van der Waals surface area contributed by atoms with Crippen molar-refractivity contribution in [1.29, 1.82) is 0 Å². The van der Waals surface area contributed by atoms with Crippen molar-refractivity contribution in [1.82, 2.24) is 0 Å². The SMILES string of the molecule is COc1ccc([C@H](C)Cc2ccccc2)cc1. The Kier molecular flexibility index (Phi) is 3.81. The maximum Gasteiger partial charge on any atom is 0.118 e. The topological polar surface area (TPSA) is 9.23 Å². The van der Waals surface area contributed by atoms with Crippen molar-refractivity contribution in [3.8, 4) is 5.75 Å². The second-order valence-electron chi connectivity index (χ2n) is 4.36. The predicted molar refractivity (Wildman–Crippen MR) is 71.6 cm³/mol. The molecule has 0 aliphatic heterocycles. The van der Waals surface area contributed by atoms with Crippen LogP contribution in [0.3, 0.4) is 0 Å². The molecule has 0 aromatic heterocycles. The Labute approximate surface area is 103 Å². The molecule has 2 rings (SSSR count). The van der Waals surface area contributed by atoms with E-state index < -0.39 is 0 Å². The van der Waals surface area contributed by atoms with Crippen molar-refractivity contribution in [3.63, 3.8) is 0 Å². The Morgan fingerprint density at radius 2 is 1.59 bits per heavy atom. The molecule has 0 radical (unpaired) electrons. The molecule has 0 aliphatic carbocycles. The summed E-state index contributed by atoms with van der Waals surface area (Å²) < 4.78 is 5.17. The third-order valence-electron chi connectivity index (χ3n) is 3.07. The average molecular weight is 226 g/mol. The zero-order chi connectivity index (χ0) is 12.1. The van der Waals surface area contributed by atoms with E-state index in [2.05, 4.69) is 49.4 Å². The largest absolute Gasteiger partial charge is 0.497 e. The standard InChI is InChI=1S/C16H18O/c1-13(12-14-6-4-3-5-7-14)15-8-10-16(17-2)11-9-15/h3-11,13H,12H2,1-2H3/t13-/m1/s1. The molecule has 0 spiro atoms. The molecule has 0 aliphatic rings. The van der Waals surface area contributed by atoms with E-state index in [0.29, 0.717) is 5.92 Å².